The number of hydrogen-bond donors (Lipinski definition) is 2. The summed E-state index contributed by atoms with van der Waals surface area (Å²) in [5.74, 6) is 0.664. The van der Waals surface area contributed by atoms with Gasteiger partial charge in [0, 0.05) is 0 Å². The van der Waals surface area contributed by atoms with Crippen LogP contribution in [0, 0.1) is 5.92 Å². The van der Waals surface area contributed by atoms with E-state index in [9.17, 15) is 10.2 Å². The summed E-state index contributed by atoms with van der Waals surface area (Å²) in [5.41, 5.74) is 2.26. The Morgan fingerprint density at radius 3 is 2.12 bits per heavy atom. The van der Waals surface area contributed by atoms with E-state index < -0.39 is 5.60 Å². The Labute approximate surface area is 187 Å². The van der Waals surface area contributed by atoms with E-state index in [4.69, 9.17) is 9.73 Å². The lowest BCUT2D eigenvalue weighted by atomic mass is 9.76. The molecule has 1 unspecified atom stereocenters. The quantitative estimate of drug-likeness (QED) is 0.600. The fraction of sp³-hybridized carbons (Fsp3) is 0.179. The molecule has 160 valence electrons. The molecule has 2 aliphatic rings. The fourth-order valence-corrected chi connectivity index (χ4v) is 4.51. The van der Waals surface area contributed by atoms with Crippen molar-refractivity contribution in [1.29, 1.82) is 0 Å². The molecule has 0 aromatic heterocycles. The van der Waals surface area contributed by atoms with Gasteiger partial charge in [-0.1, -0.05) is 91.0 Å². The molecule has 1 aliphatic heterocycles. The van der Waals surface area contributed by atoms with Gasteiger partial charge in [0.15, 0.2) is 5.90 Å². The number of aliphatic hydroxyl groups is 1. The van der Waals surface area contributed by atoms with Gasteiger partial charge in [-0.25, -0.2) is 4.99 Å². The zero-order valence-corrected chi connectivity index (χ0v) is 17.6. The van der Waals surface area contributed by atoms with Crippen molar-refractivity contribution in [2.75, 3.05) is 6.61 Å². The van der Waals surface area contributed by atoms with E-state index in [0.717, 1.165) is 28.7 Å². The molecule has 1 heterocycles. The first-order valence-electron chi connectivity index (χ1n) is 10.9. The Bertz CT molecular complexity index is 1120. The molecule has 3 aromatic rings. The molecule has 4 nitrogen and oxygen atoms in total. The van der Waals surface area contributed by atoms with Gasteiger partial charge in [0.25, 0.3) is 0 Å². The van der Waals surface area contributed by atoms with E-state index >= 15 is 0 Å². The number of aromatic hydroxyl groups is 1. The number of aliphatic imine (C=N–C) groups is 1. The maximum Gasteiger partial charge on any atom is 0.195 e. The highest BCUT2D eigenvalue weighted by Crippen LogP contribution is 2.43. The second-order valence-electron chi connectivity index (χ2n) is 8.23. The first kappa shape index (κ1) is 20.3. The van der Waals surface area contributed by atoms with E-state index in [2.05, 4.69) is 0 Å². The normalized spacial score (nSPS) is 20.0. The van der Waals surface area contributed by atoms with E-state index in [1.54, 1.807) is 12.1 Å². The number of phenols is 1. The highest BCUT2D eigenvalue weighted by molar-refractivity contribution is 5.87. The minimum Gasteiger partial charge on any atom is -0.508 e. The third-order valence-electron chi connectivity index (χ3n) is 6.12. The molecule has 5 rings (SSSR count). The number of allylic oxidation sites excluding steroid dienone is 2. The lowest BCUT2D eigenvalue weighted by Crippen LogP contribution is -2.34. The summed E-state index contributed by atoms with van der Waals surface area (Å²) in [6.45, 7) is 0.503. The number of hydrogen-bond acceptors (Lipinski definition) is 4. The summed E-state index contributed by atoms with van der Waals surface area (Å²) in [5, 5.41) is 21.7. The molecule has 0 fully saturated rings. The topological polar surface area (TPSA) is 62.0 Å². The summed E-state index contributed by atoms with van der Waals surface area (Å²) < 4.78 is 6.04. The second kappa shape index (κ2) is 8.48. The summed E-state index contributed by atoms with van der Waals surface area (Å²) in [7, 11) is 0. The van der Waals surface area contributed by atoms with E-state index in [0.29, 0.717) is 12.5 Å². The first-order valence-corrected chi connectivity index (χ1v) is 10.9. The number of nitrogens with zero attached hydrogens (tertiary/aromatic N) is 1. The Morgan fingerprint density at radius 1 is 0.875 bits per heavy atom. The zero-order valence-electron chi connectivity index (χ0n) is 17.6. The van der Waals surface area contributed by atoms with Gasteiger partial charge >= 0.3 is 0 Å². The molecular weight excluding hydrogens is 398 g/mol. The minimum absolute atomic E-state index is 0.00587. The molecule has 0 bridgehead atoms. The average Bonchev–Trinajstić information content (AvgIpc) is 3.51. The molecule has 3 aromatic carbocycles. The predicted octanol–water partition coefficient (Wildman–Crippen LogP) is 4.78. The number of ether oxygens (including phenoxy) is 1. The van der Waals surface area contributed by atoms with Crippen LogP contribution in [-0.4, -0.2) is 28.8 Å². The van der Waals surface area contributed by atoms with Crippen LogP contribution in [0.2, 0.25) is 0 Å². The Balaban J connectivity index is 1.46. The van der Waals surface area contributed by atoms with Crippen LogP contribution in [0.4, 0.5) is 0 Å². The molecule has 0 radical (unpaired) electrons. The monoisotopic (exact) mass is 423 g/mol. The van der Waals surface area contributed by atoms with Crippen molar-refractivity contribution in [2.24, 2.45) is 10.9 Å². The molecule has 2 atom stereocenters. The Kier molecular flexibility index (Phi) is 5.38. The van der Waals surface area contributed by atoms with Crippen molar-refractivity contribution in [3.05, 3.63) is 125 Å². The van der Waals surface area contributed by atoms with Crippen molar-refractivity contribution >= 4 is 5.90 Å². The van der Waals surface area contributed by atoms with Gasteiger partial charge in [-0.05, 0) is 40.8 Å². The van der Waals surface area contributed by atoms with Crippen LogP contribution < -0.4 is 0 Å². The van der Waals surface area contributed by atoms with Crippen molar-refractivity contribution in [2.45, 2.75) is 18.1 Å². The van der Waals surface area contributed by atoms with Crippen LogP contribution in [0.3, 0.4) is 0 Å². The van der Waals surface area contributed by atoms with Gasteiger partial charge < -0.3 is 14.9 Å². The van der Waals surface area contributed by atoms with Crippen LogP contribution in [0.1, 0.15) is 16.7 Å². The van der Waals surface area contributed by atoms with Crippen molar-refractivity contribution in [3.8, 4) is 5.75 Å². The van der Waals surface area contributed by atoms with E-state index in [-0.39, 0.29) is 17.7 Å². The van der Waals surface area contributed by atoms with Crippen molar-refractivity contribution in [1.82, 2.24) is 0 Å². The van der Waals surface area contributed by atoms with Crippen molar-refractivity contribution < 1.29 is 14.9 Å². The Hall–Kier alpha value is -3.63. The molecule has 0 saturated carbocycles. The van der Waals surface area contributed by atoms with Crippen LogP contribution >= 0.6 is 0 Å². The van der Waals surface area contributed by atoms with E-state index in [1.165, 1.54) is 0 Å². The number of phenolic OH excluding ortho intramolecular Hbond substituents is 1. The molecular formula is C28H25NO3. The molecule has 0 amide bonds. The van der Waals surface area contributed by atoms with Crippen LogP contribution in [0.25, 0.3) is 0 Å². The predicted molar refractivity (Wildman–Crippen MR) is 126 cm³/mol. The maximum absolute atomic E-state index is 12.2. The smallest absolute Gasteiger partial charge is 0.195 e. The second-order valence-corrected chi connectivity index (χ2v) is 8.23. The summed E-state index contributed by atoms with van der Waals surface area (Å²) >= 11 is 0. The summed E-state index contributed by atoms with van der Waals surface area (Å²) in [6.07, 6.45) is 6.72. The number of benzene rings is 3. The van der Waals surface area contributed by atoms with Crippen LogP contribution in [0.15, 0.2) is 114 Å². The summed E-state index contributed by atoms with van der Waals surface area (Å²) in [4.78, 5) is 4.87. The van der Waals surface area contributed by atoms with Gasteiger partial charge in [0.1, 0.15) is 18.0 Å². The van der Waals surface area contributed by atoms with Gasteiger partial charge in [0.05, 0.1) is 12.0 Å². The molecule has 2 N–H and O–H groups in total. The number of rotatable bonds is 6. The van der Waals surface area contributed by atoms with Gasteiger partial charge in [0.2, 0.25) is 0 Å². The average molecular weight is 424 g/mol. The fourth-order valence-electron chi connectivity index (χ4n) is 4.51. The standard InChI is InChI=1S/C28H25NO3/c30-24-16-14-20(15-17-24)18-23-19-32-27(29-23)25-12-7-13-26(25)28(31,21-8-3-1-4-9-21)22-10-5-2-6-11-22/h1-17,23,25,30-31H,18-19H2/t23-,25?/m0/s1. The molecule has 32 heavy (non-hydrogen) atoms. The highest BCUT2D eigenvalue weighted by atomic mass is 16.5. The summed E-state index contributed by atoms with van der Waals surface area (Å²) in [6, 6.07) is 26.7. The third kappa shape index (κ3) is 3.74. The molecule has 0 saturated heterocycles. The van der Waals surface area contributed by atoms with Gasteiger partial charge in [-0.15, -0.1) is 0 Å². The highest BCUT2D eigenvalue weighted by Gasteiger charge is 2.42. The first-order chi connectivity index (χ1) is 15.6. The minimum atomic E-state index is -1.29. The van der Waals surface area contributed by atoms with E-state index in [1.807, 2.05) is 91.0 Å². The molecule has 4 heteroatoms. The van der Waals surface area contributed by atoms with Gasteiger partial charge in [-0.2, -0.15) is 0 Å². The largest absolute Gasteiger partial charge is 0.508 e. The third-order valence-corrected chi connectivity index (χ3v) is 6.12. The lowest BCUT2D eigenvalue weighted by molar-refractivity contribution is 0.114. The molecule has 0 spiro atoms. The van der Waals surface area contributed by atoms with Crippen LogP contribution in [0.5, 0.6) is 5.75 Å². The van der Waals surface area contributed by atoms with Gasteiger partial charge in [-0.3, -0.25) is 0 Å². The SMILES string of the molecule is Oc1ccc(C[C@H]2COC(C3C=CC=C3C(O)(c3ccccc3)c3ccccc3)=N2)cc1. The Morgan fingerprint density at radius 2 is 1.50 bits per heavy atom. The van der Waals surface area contributed by atoms with Crippen molar-refractivity contribution in [3.63, 3.8) is 0 Å². The zero-order chi connectivity index (χ0) is 22.0. The lowest BCUT2D eigenvalue weighted by Gasteiger charge is -2.34. The van der Waals surface area contributed by atoms with Crippen LogP contribution in [-0.2, 0) is 16.8 Å². The maximum atomic E-state index is 12.2. The molecule has 1 aliphatic carbocycles.